The van der Waals surface area contributed by atoms with Crippen molar-refractivity contribution in [3.05, 3.63) is 23.8 Å². The lowest BCUT2D eigenvalue weighted by molar-refractivity contribution is -0.143. The van der Waals surface area contributed by atoms with Gasteiger partial charge in [-0.05, 0) is 30.5 Å². The molecule has 0 saturated carbocycles. The highest BCUT2D eigenvalue weighted by Crippen LogP contribution is 2.30. The fourth-order valence-corrected chi connectivity index (χ4v) is 4.71. The van der Waals surface area contributed by atoms with Crippen LogP contribution >= 0.6 is 0 Å². The number of carboxylic acids is 1. The van der Waals surface area contributed by atoms with Crippen LogP contribution in [0.4, 0.5) is 0 Å². The summed E-state index contributed by atoms with van der Waals surface area (Å²) in [6, 6.07) is 4.09. The minimum Gasteiger partial charge on any atom is -0.496 e. The smallest absolute Gasteiger partial charge is 0.307 e. The van der Waals surface area contributed by atoms with Crippen LogP contribution in [0.1, 0.15) is 23.7 Å². The van der Waals surface area contributed by atoms with E-state index in [4.69, 9.17) is 4.74 Å². The number of piperidine rings is 1. The SMILES string of the molecule is COc1ccc(S(=O)(=O)N2CC(C)CC(C(=O)O)C2)cc1C(=O)N(C)C. The van der Waals surface area contributed by atoms with Gasteiger partial charge in [0.2, 0.25) is 10.0 Å². The van der Waals surface area contributed by atoms with Gasteiger partial charge in [0, 0.05) is 27.2 Å². The lowest BCUT2D eigenvalue weighted by Crippen LogP contribution is -2.45. The molecular weight excluding hydrogens is 360 g/mol. The molecule has 0 radical (unpaired) electrons. The van der Waals surface area contributed by atoms with Crippen LogP contribution in [0, 0.1) is 11.8 Å². The van der Waals surface area contributed by atoms with Gasteiger partial charge < -0.3 is 14.7 Å². The van der Waals surface area contributed by atoms with E-state index in [1.165, 1.54) is 34.5 Å². The molecule has 1 aromatic rings. The van der Waals surface area contributed by atoms with Crippen LogP contribution < -0.4 is 4.74 Å². The van der Waals surface area contributed by atoms with Crippen molar-refractivity contribution in [3.8, 4) is 5.75 Å². The largest absolute Gasteiger partial charge is 0.496 e. The first-order valence-electron chi connectivity index (χ1n) is 8.20. The molecule has 1 saturated heterocycles. The number of amides is 1. The van der Waals surface area contributed by atoms with Crippen molar-refractivity contribution in [2.24, 2.45) is 11.8 Å². The lowest BCUT2D eigenvalue weighted by atomic mass is 9.92. The van der Waals surface area contributed by atoms with Crippen LogP contribution in [0.25, 0.3) is 0 Å². The number of carbonyl (C=O) groups excluding carboxylic acids is 1. The molecule has 2 atom stereocenters. The zero-order chi connectivity index (χ0) is 19.6. The van der Waals surface area contributed by atoms with Crippen molar-refractivity contribution < 1.29 is 27.9 Å². The molecule has 0 aliphatic carbocycles. The van der Waals surface area contributed by atoms with E-state index in [0.717, 1.165) is 0 Å². The van der Waals surface area contributed by atoms with Gasteiger partial charge in [-0.2, -0.15) is 4.31 Å². The molecule has 2 rings (SSSR count). The van der Waals surface area contributed by atoms with Crippen LogP contribution in [-0.4, -0.2) is 68.9 Å². The van der Waals surface area contributed by atoms with E-state index in [0.29, 0.717) is 6.42 Å². The molecule has 144 valence electrons. The van der Waals surface area contributed by atoms with Gasteiger partial charge in [-0.25, -0.2) is 8.42 Å². The Morgan fingerprint density at radius 2 is 1.92 bits per heavy atom. The summed E-state index contributed by atoms with van der Waals surface area (Å²) in [7, 11) is 0.603. The first-order chi connectivity index (χ1) is 12.1. The number of methoxy groups -OCH3 is 1. The minimum absolute atomic E-state index is 0.0539. The molecule has 0 spiro atoms. The minimum atomic E-state index is -3.92. The molecule has 1 amide bonds. The molecule has 1 N–H and O–H groups in total. The zero-order valence-electron chi connectivity index (χ0n) is 15.3. The molecule has 1 heterocycles. The third kappa shape index (κ3) is 3.99. The quantitative estimate of drug-likeness (QED) is 0.816. The van der Waals surface area contributed by atoms with Gasteiger partial charge in [0.25, 0.3) is 5.91 Å². The fraction of sp³-hybridized carbons (Fsp3) is 0.529. The van der Waals surface area contributed by atoms with Gasteiger partial charge in [0.1, 0.15) is 5.75 Å². The first-order valence-corrected chi connectivity index (χ1v) is 9.64. The number of rotatable bonds is 5. The highest BCUT2D eigenvalue weighted by Gasteiger charge is 2.36. The number of hydrogen-bond donors (Lipinski definition) is 1. The van der Waals surface area contributed by atoms with Crippen LogP contribution in [0.5, 0.6) is 5.75 Å². The number of hydrogen-bond acceptors (Lipinski definition) is 5. The molecule has 2 unspecified atom stereocenters. The number of ether oxygens (including phenoxy) is 1. The molecule has 1 aromatic carbocycles. The average Bonchev–Trinajstić information content (AvgIpc) is 2.59. The summed E-state index contributed by atoms with van der Waals surface area (Å²) in [5.41, 5.74) is 0.137. The molecule has 1 fully saturated rings. The van der Waals surface area contributed by atoms with E-state index in [9.17, 15) is 23.1 Å². The Morgan fingerprint density at radius 1 is 1.27 bits per heavy atom. The van der Waals surface area contributed by atoms with E-state index in [1.54, 1.807) is 14.1 Å². The molecule has 8 nitrogen and oxygen atoms in total. The fourth-order valence-electron chi connectivity index (χ4n) is 3.08. The Hall–Kier alpha value is -2.13. The van der Waals surface area contributed by atoms with Crippen LogP contribution in [0.15, 0.2) is 23.1 Å². The Bertz CT molecular complexity index is 805. The number of carboxylic acid groups (broad SMARTS) is 1. The van der Waals surface area contributed by atoms with E-state index < -0.39 is 21.9 Å². The molecule has 0 aromatic heterocycles. The van der Waals surface area contributed by atoms with Gasteiger partial charge in [-0.15, -0.1) is 0 Å². The van der Waals surface area contributed by atoms with Gasteiger partial charge in [-0.3, -0.25) is 9.59 Å². The van der Waals surface area contributed by atoms with Gasteiger partial charge in [-0.1, -0.05) is 6.92 Å². The maximum absolute atomic E-state index is 13.0. The van der Waals surface area contributed by atoms with Crippen LogP contribution in [0.2, 0.25) is 0 Å². The molecule has 26 heavy (non-hydrogen) atoms. The number of benzene rings is 1. The number of nitrogens with zero attached hydrogens (tertiary/aromatic N) is 2. The van der Waals surface area contributed by atoms with Gasteiger partial charge in [0.05, 0.1) is 23.5 Å². The predicted molar refractivity (Wildman–Crippen MR) is 94.7 cm³/mol. The maximum atomic E-state index is 13.0. The molecular formula is C17H24N2O6S. The van der Waals surface area contributed by atoms with Crippen molar-refractivity contribution in [1.29, 1.82) is 0 Å². The van der Waals surface area contributed by atoms with Gasteiger partial charge >= 0.3 is 5.97 Å². The molecule has 1 aliphatic rings. The number of sulfonamides is 1. The van der Waals surface area contributed by atoms with Gasteiger partial charge in [0.15, 0.2) is 0 Å². The Kier molecular flexibility index (Phi) is 5.92. The summed E-state index contributed by atoms with van der Waals surface area (Å²) in [5, 5.41) is 9.27. The van der Waals surface area contributed by atoms with Crippen molar-refractivity contribution in [2.45, 2.75) is 18.2 Å². The van der Waals surface area contributed by atoms with E-state index >= 15 is 0 Å². The summed E-state index contributed by atoms with van der Waals surface area (Å²) in [5.74, 6) is -1.92. The second-order valence-corrected chi connectivity index (χ2v) is 8.70. The summed E-state index contributed by atoms with van der Waals surface area (Å²) < 4.78 is 32.4. The van der Waals surface area contributed by atoms with Crippen molar-refractivity contribution in [2.75, 3.05) is 34.3 Å². The standard InChI is InChI=1S/C17H24N2O6S/c1-11-7-12(17(21)22)10-19(9-11)26(23,24)13-5-6-15(25-4)14(8-13)16(20)18(2)3/h5-6,8,11-12H,7,9-10H2,1-4H3,(H,21,22). The lowest BCUT2D eigenvalue weighted by Gasteiger charge is -2.33. The molecule has 0 bridgehead atoms. The Labute approximate surface area is 153 Å². The molecule has 1 aliphatic heterocycles. The van der Waals surface area contributed by atoms with E-state index in [-0.39, 0.29) is 41.1 Å². The Morgan fingerprint density at radius 3 is 2.46 bits per heavy atom. The Balaban J connectivity index is 2.44. The monoisotopic (exact) mass is 384 g/mol. The highest BCUT2D eigenvalue weighted by atomic mass is 32.2. The zero-order valence-corrected chi connectivity index (χ0v) is 16.1. The second kappa shape index (κ2) is 7.63. The van der Waals surface area contributed by atoms with E-state index in [1.807, 2.05) is 6.92 Å². The maximum Gasteiger partial charge on any atom is 0.307 e. The summed E-state index contributed by atoms with van der Waals surface area (Å²) >= 11 is 0. The summed E-state index contributed by atoms with van der Waals surface area (Å²) in [4.78, 5) is 24.9. The van der Waals surface area contributed by atoms with Crippen LogP contribution in [0.3, 0.4) is 0 Å². The van der Waals surface area contributed by atoms with E-state index in [2.05, 4.69) is 0 Å². The van der Waals surface area contributed by atoms with Crippen LogP contribution in [-0.2, 0) is 14.8 Å². The first kappa shape index (κ1) is 20.2. The van der Waals surface area contributed by atoms with Crippen molar-refractivity contribution in [3.63, 3.8) is 0 Å². The molecule has 9 heteroatoms. The summed E-state index contributed by atoms with van der Waals surface area (Å²) in [6.07, 6.45) is 0.439. The van der Waals surface area contributed by atoms with Crippen molar-refractivity contribution in [1.82, 2.24) is 9.21 Å². The third-order valence-corrected chi connectivity index (χ3v) is 6.25. The van der Waals surface area contributed by atoms with Crippen molar-refractivity contribution >= 4 is 21.9 Å². The predicted octanol–water partition coefficient (Wildman–Crippen LogP) is 1.13. The highest BCUT2D eigenvalue weighted by molar-refractivity contribution is 7.89. The normalized spacial score (nSPS) is 21.2. The summed E-state index contributed by atoms with van der Waals surface area (Å²) in [6.45, 7) is 1.99. The number of aliphatic carboxylic acids is 1. The number of carbonyl (C=O) groups is 2. The second-order valence-electron chi connectivity index (χ2n) is 6.76. The topological polar surface area (TPSA) is 104 Å². The average molecular weight is 384 g/mol. The third-order valence-electron chi connectivity index (χ3n) is 4.42.